The quantitative estimate of drug-likeness (QED) is 0.753. The second kappa shape index (κ2) is 5.86. The highest BCUT2D eigenvalue weighted by atomic mass is 15.3. The predicted molar refractivity (Wildman–Crippen MR) is 67.3 cm³/mol. The third-order valence-corrected chi connectivity index (χ3v) is 4.01. The third-order valence-electron chi connectivity index (χ3n) is 4.01. The Morgan fingerprint density at radius 1 is 1.33 bits per heavy atom. The number of nitrogens with one attached hydrogen (secondary N) is 1. The van der Waals surface area contributed by atoms with Crippen LogP contribution in [0.25, 0.3) is 0 Å². The monoisotopic (exact) mass is 212 g/mol. The lowest BCUT2D eigenvalue weighted by atomic mass is 9.91. The molecule has 90 valence electrons. The van der Waals surface area contributed by atoms with Crippen molar-refractivity contribution in [1.29, 1.82) is 0 Å². The van der Waals surface area contributed by atoms with Gasteiger partial charge in [-0.2, -0.15) is 0 Å². The van der Waals surface area contributed by atoms with E-state index in [1.165, 1.54) is 38.8 Å². The van der Waals surface area contributed by atoms with E-state index in [0.29, 0.717) is 11.6 Å². The molecule has 0 bridgehead atoms. The summed E-state index contributed by atoms with van der Waals surface area (Å²) in [6.45, 7) is 13.0. The maximum Gasteiger partial charge on any atom is 0.0303 e. The second-order valence-corrected chi connectivity index (χ2v) is 5.14. The summed E-state index contributed by atoms with van der Waals surface area (Å²) in [5, 5.41) is 3.68. The van der Waals surface area contributed by atoms with Gasteiger partial charge in [-0.15, -0.1) is 0 Å². The van der Waals surface area contributed by atoms with Gasteiger partial charge in [0, 0.05) is 24.7 Å². The summed E-state index contributed by atoms with van der Waals surface area (Å²) >= 11 is 0. The number of piperazine rings is 1. The highest BCUT2D eigenvalue weighted by molar-refractivity contribution is 4.94. The molecule has 1 saturated heterocycles. The summed E-state index contributed by atoms with van der Waals surface area (Å²) in [5.41, 5.74) is 0.390. The van der Waals surface area contributed by atoms with Crippen molar-refractivity contribution in [2.45, 2.75) is 65.0 Å². The van der Waals surface area contributed by atoms with Crippen molar-refractivity contribution in [3.8, 4) is 0 Å². The lowest BCUT2D eigenvalue weighted by Crippen LogP contribution is -2.63. The van der Waals surface area contributed by atoms with Crippen LogP contribution >= 0.6 is 0 Å². The maximum atomic E-state index is 3.68. The summed E-state index contributed by atoms with van der Waals surface area (Å²) < 4.78 is 0. The Hall–Kier alpha value is -0.0800. The molecule has 0 aromatic rings. The van der Waals surface area contributed by atoms with Gasteiger partial charge >= 0.3 is 0 Å². The van der Waals surface area contributed by atoms with Crippen LogP contribution in [0.5, 0.6) is 0 Å². The number of unbranched alkanes of at least 4 members (excludes halogenated alkanes) is 1. The first-order chi connectivity index (χ1) is 7.16. The number of hydrogen-bond acceptors (Lipinski definition) is 2. The molecular weight excluding hydrogens is 184 g/mol. The smallest absolute Gasteiger partial charge is 0.0303 e. The molecule has 0 aromatic carbocycles. The van der Waals surface area contributed by atoms with Gasteiger partial charge < -0.3 is 5.32 Å². The minimum Gasteiger partial charge on any atom is -0.311 e. The van der Waals surface area contributed by atoms with Gasteiger partial charge in [-0.3, -0.25) is 4.90 Å². The van der Waals surface area contributed by atoms with Gasteiger partial charge in [-0.05, 0) is 32.7 Å². The van der Waals surface area contributed by atoms with Gasteiger partial charge in [0.15, 0.2) is 0 Å². The summed E-state index contributed by atoms with van der Waals surface area (Å²) in [6.07, 6.45) is 5.15. The molecule has 1 aliphatic rings. The van der Waals surface area contributed by atoms with E-state index in [9.17, 15) is 0 Å². The molecule has 0 aromatic heterocycles. The lowest BCUT2D eigenvalue weighted by molar-refractivity contribution is 0.0470. The zero-order chi connectivity index (χ0) is 11.3. The van der Waals surface area contributed by atoms with Gasteiger partial charge in [0.2, 0.25) is 0 Å². The first kappa shape index (κ1) is 13.0. The molecule has 1 N–H and O–H groups in total. The van der Waals surface area contributed by atoms with Crippen LogP contribution in [0.1, 0.15) is 53.4 Å². The SMILES string of the molecule is CCCCN1CC(CC)NCC1(C)CC. The molecule has 0 amide bonds. The van der Waals surface area contributed by atoms with Crippen LogP contribution in [0.4, 0.5) is 0 Å². The zero-order valence-electron chi connectivity index (χ0n) is 11.0. The Kier molecular flexibility index (Phi) is 5.07. The predicted octanol–water partition coefficient (Wildman–Crippen LogP) is 2.64. The van der Waals surface area contributed by atoms with Crippen molar-refractivity contribution in [3.63, 3.8) is 0 Å². The second-order valence-electron chi connectivity index (χ2n) is 5.14. The number of nitrogens with zero attached hydrogens (tertiary/aromatic N) is 1. The van der Waals surface area contributed by atoms with Gasteiger partial charge in [-0.1, -0.05) is 27.2 Å². The maximum absolute atomic E-state index is 3.68. The van der Waals surface area contributed by atoms with Crippen molar-refractivity contribution in [1.82, 2.24) is 10.2 Å². The van der Waals surface area contributed by atoms with Crippen molar-refractivity contribution in [2.75, 3.05) is 19.6 Å². The first-order valence-electron chi connectivity index (χ1n) is 6.64. The minimum atomic E-state index is 0.390. The fourth-order valence-corrected chi connectivity index (χ4v) is 2.36. The normalized spacial score (nSPS) is 33.2. The molecule has 2 atom stereocenters. The van der Waals surface area contributed by atoms with E-state index >= 15 is 0 Å². The van der Waals surface area contributed by atoms with Crippen LogP contribution < -0.4 is 5.32 Å². The van der Waals surface area contributed by atoms with Crippen LogP contribution in [0, 0.1) is 0 Å². The van der Waals surface area contributed by atoms with Crippen molar-refractivity contribution < 1.29 is 0 Å². The van der Waals surface area contributed by atoms with E-state index in [2.05, 4.69) is 37.9 Å². The summed E-state index contributed by atoms with van der Waals surface area (Å²) in [4.78, 5) is 2.71. The average Bonchev–Trinajstić information content (AvgIpc) is 2.28. The molecule has 0 spiro atoms. The topological polar surface area (TPSA) is 15.3 Å². The molecule has 0 radical (unpaired) electrons. The van der Waals surface area contributed by atoms with E-state index in [4.69, 9.17) is 0 Å². The molecule has 2 heteroatoms. The molecule has 1 rings (SSSR count). The first-order valence-corrected chi connectivity index (χ1v) is 6.64. The van der Waals surface area contributed by atoms with Crippen LogP contribution in [0.15, 0.2) is 0 Å². The van der Waals surface area contributed by atoms with Crippen molar-refractivity contribution in [2.24, 2.45) is 0 Å². The molecule has 2 nitrogen and oxygen atoms in total. The van der Waals surface area contributed by atoms with Crippen LogP contribution in [0.2, 0.25) is 0 Å². The van der Waals surface area contributed by atoms with Crippen LogP contribution in [-0.4, -0.2) is 36.1 Å². The Morgan fingerprint density at radius 2 is 2.07 bits per heavy atom. The summed E-state index contributed by atoms with van der Waals surface area (Å²) in [6, 6.07) is 0.710. The fourth-order valence-electron chi connectivity index (χ4n) is 2.36. The van der Waals surface area contributed by atoms with Crippen molar-refractivity contribution in [3.05, 3.63) is 0 Å². The largest absolute Gasteiger partial charge is 0.311 e. The Morgan fingerprint density at radius 3 is 2.60 bits per heavy atom. The number of rotatable bonds is 5. The highest BCUT2D eigenvalue weighted by Gasteiger charge is 2.34. The van der Waals surface area contributed by atoms with Gasteiger partial charge in [0.05, 0.1) is 0 Å². The molecule has 1 heterocycles. The zero-order valence-corrected chi connectivity index (χ0v) is 11.0. The van der Waals surface area contributed by atoms with Crippen LogP contribution in [0.3, 0.4) is 0 Å². The van der Waals surface area contributed by atoms with Crippen LogP contribution in [-0.2, 0) is 0 Å². The van der Waals surface area contributed by atoms with Gasteiger partial charge in [-0.25, -0.2) is 0 Å². The molecule has 2 unspecified atom stereocenters. The Balaban J connectivity index is 2.56. The Bertz CT molecular complexity index is 181. The van der Waals surface area contributed by atoms with E-state index in [1.807, 2.05) is 0 Å². The van der Waals surface area contributed by atoms with Gasteiger partial charge in [0.25, 0.3) is 0 Å². The molecule has 1 fully saturated rings. The third kappa shape index (κ3) is 3.18. The standard InChI is InChI=1S/C13H28N2/c1-5-8-9-15-10-12(6-2)14-11-13(15,4)7-3/h12,14H,5-11H2,1-4H3. The molecular formula is C13H28N2. The van der Waals surface area contributed by atoms with E-state index in [0.717, 1.165) is 6.54 Å². The molecule has 0 aliphatic carbocycles. The van der Waals surface area contributed by atoms with Gasteiger partial charge in [0.1, 0.15) is 0 Å². The fraction of sp³-hybridized carbons (Fsp3) is 1.00. The summed E-state index contributed by atoms with van der Waals surface area (Å²) in [7, 11) is 0. The van der Waals surface area contributed by atoms with E-state index in [1.54, 1.807) is 0 Å². The molecule has 15 heavy (non-hydrogen) atoms. The average molecular weight is 212 g/mol. The minimum absolute atomic E-state index is 0.390. The molecule has 0 saturated carbocycles. The summed E-state index contributed by atoms with van der Waals surface area (Å²) in [5.74, 6) is 0. The van der Waals surface area contributed by atoms with E-state index < -0.39 is 0 Å². The number of hydrogen-bond donors (Lipinski definition) is 1. The van der Waals surface area contributed by atoms with E-state index in [-0.39, 0.29) is 0 Å². The molecule has 1 aliphatic heterocycles. The Labute approximate surface area is 95.4 Å². The van der Waals surface area contributed by atoms with Crippen molar-refractivity contribution >= 4 is 0 Å². The highest BCUT2D eigenvalue weighted by Crippen LogP contribution is 2.23. The lowest BCUT2D eigenvalue weighted by Gasteiger charge is -2.48.